The quantitative estimate of drug-likeness (QED) is 0.382. The summed E-state index contributed by atoms with van der Waals surface area (Å²) in [6.45, 7) is 2.49. The molecule has 0 radical (unpaired) electrons. The molecule has 0 aliphatic rings. The van der Waals surface area contributed by atoms with Gasteiger partial charge in [-0.05, 0) is 47.8 Å². The molecule has 1 unspecified atom stereocenters. The van der Waals surface area contributed by atoms with Gasteiger partial charge in [-0.1, -0.05) is 42.5 Å². The van der Waals surface area contributed by atoms with Gasteiger partial charge >= 0.3 is 0 Å². The first kappa shape index (κ1) is 20.2. The molecule has 0 bridgehead atoms. The van der Waals surface area contributed by atoms with Crippen molar-refractivity contribution >= 4 is 27.7 Å². The van der Waals surface area contributed by atoms with Crippen molar-refractivity contribution in [2.24, 2.45) is 0 Å². The van der Waals surface area contributed by atoms with Crippen molar-refractivity contribution in [2.45, 2.75) is 13.5 Å². The third-order valence-corrected chi connectivity index (χ3v) is 5.64. The van der Waals surface area contributed by atoms with Crippen LogP contribution in [0.3, 0.4) is 0 Å². The second-order valence-electron chi connectivity index (χ2n) is 7.08. The van der Waals surface area contributed by atoms with Crippen LogP contribution in [0.5, 0.6) is 5.75 Å². The Bertz CT molecular complexity index is 1170. The van der Waals surface area contributed by atoms with E-state index in [2.05, 4.69) is 0 Å². The number of methoxy groups -OCH3 is 1. The molecule has 5 nitrogen and oxygen atoms in total. The Morgan fingerprint density at radius 1 is 1.03 bits per heavy atom. The van der Waals surface area contributed by atoms with Gasteiger partial charge in [-0.3, -0.25) is 4.21 Å². The van der Waals surface area contributed by atoms with Gasteiger partial charge in [0, 0.05) is 34.8 Å². The molecule has 3 aromatic carbocycles. The summed E-state index contributed by atoms with van der Waals surface area (Å²) in [6.07, 6.45) is 0. The number of benzene rings is 3. The molecule has 4 rings (SSSR count). The van der Waals surface area contributed by atoms with E-state index in [1.807, 2.05) is 84.6 Å². The van der Waals surface area contributed by atoms with Gasteiger partial charge in [0.15, 0.2) is 0 Å². The maximum atomic E-state index is 11.5. The number of rotatable bonds is 7. The van der Waals surface area contributed by atoms with Gasteiger partial charge in [-0.2, -0.15) is 0 Å². The summed E-state index contributed by atoms with van der Waals surface area (Å²) < 4.78 is 34.4. The monoisotopic (exact) mass is 420 g/mol. The SMILES string of the molecule is COc1ccc(CN(CS(=O)[O-])c2ccc3c(C)c(-c4ccccc4)oc3c2)cc1. The first-order chi connectivity index (χ1) is 14.5. The molecular weight excluding hydrogens is 398 g/mol. The topological polar surface area (TPSA) is 65.7 Å². The van der Waals surface area contributed by atoms with Crippen molar-refractivity contribution in [3.8, 4) is 17.1 Å². The van der Waals surface area contributed by atoms with Crippen LogP contribution in [0, 0.1) is 6.92 Å². The predicted molar refractivity (Wildman–Crippen MR) is 119 cm³/mol. The molecule has 1 aromatic heterocycles. The van der Waals surface area contributed by atoms with E-state index < -0.39 is 11.1 Å². The Kier molecular flexibility index (Phi) is 5.88. The third-order valence-electron chi connectivity index (χ3n) is 5.12. The molecule has 0 aliphatic carbocycles. The lowest BCUT2D eigenvalue weighted by atomic mass is 10.1. The summed E-state index contributed by atoms with van der Waals surface area (Å²) in [4.78, 5) is 1.81. The van der Waals surface area contributed by atoms with E-state index in [9.17, 15) is 8.76 Å². The van der Waals surface area contributed by atoms with Gasteiger partial charge in [0.1, 0.15) is 17.1 Å². The molecule has 30 heavy (non-hydrogen) atoms. The highest BCUT2D eigenvalue weighted by Gasteiger charge is 2.15. The molecule has 154 valence electrons. The third kappa shape index (κ3) is 4.25. The fraction of sp³-hybridized carbons (Fsp3) is 0.167. The molecular formula is C24H22NO4S-. The van der Waals surface area contributed by atoms with Crippen molar-refractivity contribution in [1.29, 1.82) is 0 Å². The van der Waals surface area contributed by atoms with E-state index in [1.54, 1.807) is 7.11 Å². The number of anilines is 1. The van der Waals surface area contributed by atoms with Crippen LogP contribution in [0.25, 0.3) is 22.3 Å². The molecule has 0 amide bonds. The summed E-state index contributed by atoms with van der Waals surface area (Å²) in [7, 11) is 1.62. The lowest BCUT2D eigenvalue weighted by molar-refractivity contribution is 0.414. The van der Waals surface area contributed by atoms with E-state index in [0.717, 1.165) is 44.9 Å². The standard InChI is InChI=1S/C24H23NO4S/c1-17-22-13-10-20(14-23(22)29-24(17)19-6-4-3-5-7-19)25(16-30(26)27)15-18-8-11-21(28-2)12-9-18/h3-14H,15-16H2,1-2H3,(H,26,27)/p-1. The van der Waals surface area contributed by atoms with Gasteiger partial charge in [0.2, 0.25) is 0 Å². The van der Waals surface area contributed by atoms with Crippen molar-refractivity contribution in [3.63, 3.8) is 0 Å². The number of hydrogen-bond acceptors (Lipinski definition) is 5. The molecule has 0 spiro atoms. The van der Waals surface area contributed by atoms with E-state index >= 15 is 0 Å². The molecule has 0 N–H and O–H groups in total. The summed E-state index contributed by atoms with van der Waals surface area (Å²) in [5, 5.41) is 1.02. The molecule has 1 atom stereocenters. The minimum absolute atomic E-state index is 0.108. The Balaban J connectivity index is 1.69. The average Bonchev–Trinajstić information content (AvgIpc) is 3.10. The van der Waals surface area contributed by atoms with Crippen molar-refractivity contribution in [2.75, 3.05) is 17.9 Å². The van der Waals surface area contributed by atoms with Gasteiger partial charge in [0.05, 0.1) is 13.0 Å². The Morgan fingerprint density at radius 3 is 2.43 bits per heavy atom. The zero-order valence-corrected chi connectivity index (χ0v) is 17.6. The summed E-state index contributed by atoms with van der Waals surface area (Å²) in [5.41, 5.74) is 4.60. The largest absolute Gasteiger partial charge is 0.771 e. The number of furan rings is 1. The highest BCUT2D eigenvalue weighted by atomic mass is 32.2. The van der Waals surface area contributed by atoms with E-state index in [4.69, 9.17) is 9.15 Å². The van der Waals surface area contributed by atoms with Gasteiger partial charge in [0.25, 0.3) is 0 Å². The van der Waals surface area contributed by atoms with Gasteiger partial charge in [-0.15, -0.1) is 0 Å². The predicted octanol–water partition coefficient (Wildman–Crippen LogP) is 5.26. The maximum Gasteiger partial charge on any atom is 0.138 e. The normalized spacial score (nSPS) is 12.1. The fourth-order valence-corrected chi connectivity index (χ4v) is 4.06. The fourth-order valence-electron chi connectivity index (χ4n) is 3.57. The Labute approximate surface area is 178 Å². The summed E-state index contributed by atoms with van der Waals surface area (Å²) in [5.74, 6) is 1.48. The smallest absolute Gasteiger partial charge is 0.138 e. The highest BCUT2D eigenvalue weighted by Crippen LogP contribution is 2.35. The van der Waals surface area contributed by atoms with Crippen molar-refractivity contribution in [1.82, 2.24) is 0 Å². The molecule has 1 heterocycles. The lowest BCUT2D eigenvalue weighted by Gasteiger charge is -2.26. The molecule has 6 heteroatoms. The van der Waals surface area contributed by atoms with Crippen LogP contribution in [-0.2, 0) is 17.6 Å². The zero-order valence-electron chi connectivity index (χ0n) is 16.8. The number of fused-ring (bicyclic) bond motifs is 1. The first-order valence-corrected chi connectivity index (χ1v) is 10.8. The van der Waals surface area contributed by atoms with Crippen LogP contribution in [0.15, 0.2) is 77.2 Å². The Morgan fingerprint density at radius 2 is 1.77 bits per heavy atom. The number of hydrogen-bond donors (Lipinski definition) is 0. The molecule has 0 aliphatic heterocycles. The van der Waals surface area contributed by atoms with E-state index in [-0.39, 0.29) is 5.88 Å². The van der Waals surface area contributed by atoms with E-state index in [1.165, 1.54) is 0 Å². The van der Waals surface area contributed by atoms with Crippen LogP contribution < -0.4 is 9.64 Å². The molecule has 0 fully saturated rings. The van der Waals surface area contributed by atoms with Gasteiger partial charge in [-0.25, -0.2) is 0 Å². The minimum atomic E-state index is -2.22. The highest BCUT2D eigenvalue weighted by molar-refractivity contribution is 7.79. The maximum absolute atomic E-state index is 11.5. The van der Waals surface area contributed by atoms with Crippen LogP contribution in [0.2, 0.25) is 0 Å². The van der Waals surface area contributed by atoms with Crippen LogP contribution in [0.1, 0.15) is 11.1 Å². The molecule has 4 aromatic rings. The van der Waals surface area contributed by atoms with Crippen LogP contribution >= 0.6 is 0 Å². The Hall–Kier alpha value is -3.09. The number of ether oxygens (including phenoxy) is 1. The number of aryl methyl sites for hydroxylation is 1. The summed E-state index contributed by atoms with van der Waals surface area (Å²) in [6, 6.07) is 23.4. The molecule has 0 saturated carbocycles. The van der Waals surface area contributed by atoms with Gasteiger partial charge < -0.3 is 18.6 Å². The van der Waals surface area contributed by atoms with Crippen molar-refractivity contribution < 1.29 is 17.9 Å². The second kappa shape index (κ2) is 8.73. The van der Waals surface area contributed by atoms with Crippen LogP contribution in [0.4, 0.5) is 5.69 Å². The lowest BCUT2D eigenvalue weighted by Crippen LogP contribution is -2.26. The first-order valence-electron chi connectivity index (χ1n) is 9.57. The average molecular weight is 421 g/mol. The zero-order chi connectivity index (χ0) is 21.1. The van der Waals surface area contributed by atoms with Crippen LogP contribution in [-0.4, -0.2) is 21.7 Å². The van der Waals surface area contributed by atoms with E-state index in [0.29, 0.717) is 6.54 Å². The number of nitrogens with zero attached hydrogens (tertiary/aromatic N) is 1. The molecule has 0 saturated heterocycles. The van der Waals surface area contributed by atoms with Crippen molar-refractivity contribution in [3.05, 3.63) is 83.9 Å². The second-order valence-corrected chi connectivity index (χ2v) is 7.95. The minimum Gasteiger partial charge on any atom is -0.771 e. The summed E-state index contributed by atoms with van der Waals surface area (Å²) >= 11 is -2.22.